The smallest absolute Gasteiger partial charge is 0.253 e. The normalized spacial score (nSPS) is 12.2. The highest BCUT2D eigenvalue weighted by Crippen LogP contribution is 2.18. The van der Waals surface area contributed by atoms with Crippen molar-refractivity contribution in [3.8, 4) is 0 Å². The average molecular weight is 308 g/mol. The molecule has 23 heavy (non-hydrogen) atoms. The van der Waals surface area contributed by atoms with E-state index in [1.165, 1.54) is 10.9 Å². The molecule has 0 spiro atoms. The molecule has 2 aromatic carbocycles. The Morgan fingerprint density at radius 3 is 2.65 bits per heavy atom. The van der Waals surface area contributed by atoms with Crippen LogP contribution in [0.4, 0.5) is 0 Å². The number of carbonyl (C=O) groups is 1. The lowest BCUT2D eigenvalue weighted by molar-refractivity contribution is -0.129. The van der Waals surface area contributed by atoms with Gasteiger partial charge in [-0.2, -0.15) is 0 Å². The van der Waals surface area contributed by atoms with Crippen molar-refractivity contribution in [2.24, 2.45) is 0 Å². The van der Waals surface area contributed by atoms with Gasteiger partial charge in [0.1, 0.15) is 0 Å². The predicted octanol–water partition coefficient (Wildman–Crippen LogP) is 2.95. The molecule has 1 aromatic heterocycles. The van der Waals surface area contributed by atoms with Gasteiger partial charge in [-0.05, 0) is 30.0 Å². The summed E-state index contributed by atoms with van der Waals surface area (Å²) >= 11 is 0. The number of hydrogen-bond acceptors (Lipinski definition) is 2. The second-order valence-electron chi connectivity index (χ2n) is 5.57. The van der Waals surface area contributed by atoms with Crippen LogP contribution >= 0.6 is 0 Å². The van der Waals surface area contributed by atoms with Gasteiger partial charge < -0.3 is 15.4 Å². The number of para-hydroxylation sites is 1. The maximum absolute atomic E-state index is 11.9. The Kier molecular flexibility index (Phi) is 4.74. The van der Waals surface area contributed by atoms with E-state index in [0.29, 0.717) is 12.1 Å². The molecule has 0 bridgehead atoms. The number of nitrogens with one attached hydrogen (secondary N) is 2. The molecule has 0 saturated heterocycles. The van der Waals surface area contributed by atoms with E-state index in [2.05, 4.69) is 22.4 Å². The van der Waals surface area contributed by atoms with Gasteiger partial charge in [0, 0.05) is 23.6 Å². The second kappa shape index (κ2) is 7.11. The molecule has 1 atom stereocenters. The molecule has 3 N–H and O–H groups in total. The van der Waals surface area contributed by atoms with Gasteiger partial charge >= 0.3 is 0 Å². The zero-order valence-electron chi connectivity index (χ0n) is 12.8. The van der Waals surface area contributed by atoms with Crippen LogP contribution in [0.1, 0.15) is 23.7 Å². The average Bonchev–Trinajstić information content (AvgIpc) is 3.02. The molecule has 0 aliphatic heterocycles. The predicted molar refractivity (Wildman–Crippen MR) is 91.0 cm³/mol. The first-order chi connectivity index (χ1) is 11.3. The summed E-state index contributed by atoms with van der Waals surface area (Å²) in [6, 6.07) is 17.1. The molecule has 0 saturated carbocycles. The highest BCUT2D eigenvalue weighted by molar-refractivity contribution is 5.83. The number of aryl methyl sites for hydroxylation is 1. The van der Waals surface area contributed by atoms with Crippen LogP contribution in [-0.2, 0) is 11.2 Å². The molecule has 118 valence electrons. The van der Waals surface area contributed by atoms with Crippen molar-refractivity contribution in [2.75, 3.05) is 6.54 Å². The number of carbonyl (C=O) groups excluding carboxylic acids is 1. The van der Waals surface area contributed by atoms with Crippen LogP contribution in [0.15, 0.2) is 60.8 Å². The van der Waals surface area contributed by atoms with Crippen molar-refractivity contribution < 1.29 is 9.90 Å². The number of H-pyrrole nitrogens is 1. The first-order valence-corrected chi connectivity index (χ1v) is 7.81. The van der Waals surface area contributed by atoms with E-state index in [1.807, 2.05) is 36.5 Å². The van der Waals surface area contributed by atoms with Crippen molar-refractivity contribution in [2.45, 2.75) is 18.9 Å². The zero-order chi connectivity index (χ0) is 16.1. The van der Waals surface area contributed by atoms with Crippen LogP contribution in [0.2, 0.25) is 0 Å². The molecule has 0 aliphatic rings. The molecule has 4 heteroatoms. The van der Waals surface area contributed by atoms with Gasteiger partial charge in [-0.1, -0.05) is 48.5 Å². The Bertz CT molecular complexity index is 780. The minimum atomic E-state index is -1.11. The number of aliphatic hydroxyl groups excluding tert-OH is 1. The number of aromatic amines is 1. The molecule has 0 aliphatic carbocycles. The van der Waals surface area contributed by atoms with E-state index in [4.69, 9.17) is 0 Å². The number of rotatable bonds is 6. The van der Waals surface area contributed by atoms with Crippen molar-refractivity contribution in [3.05, 3.63) is 71.9 Å². The number of benzene rings is 2. The van der Waals surface area contributed by atoms with E-state index in [-0.39, 0.29) is 5.91 Å². The van der Waals surface area contributed by atoms with Crippen molar-refractivity contribution >= 4 is 16.8 Å². The van der Waals surface area contributed by atoms with E-state index < -0.39 is 6.10 Å². The first-order valence-electron chi connectivity index (χ1n) is 7.81. The highest BCUT2D eigenvalue weighted by atomic mass is 16.3. The number of aromatic nitrogens is 1. The molecule has 1 heterocycles. The van der Waals surface area contributed by atoms with Crippen molar-refractivity contribution in [3.63, 3.8) is 0 Å². The maximum atomic E-state index is 11.9. The van der Waals surface area contributed by atoms with Crippen LogP contribution in [0, 0.1) is 0 Å². The summed E-state index contributed by atoms with van der Waals surface area (Å²) in [6.07, 6.45) is 2.62. The van der Waals surface area contributed by atoms with Gasteiger partial charge in [0.2, 0.25) is 0 Å². The van der Waals surface area contributed by atoms with Gasteiger partial charge in [0.05, 0.1) is 0 Å². The van der Waals surface area contributed by atoms with Crippen LogP contribution in [-0.4, -0.2) is 22.5 Å². The third kappa shape index (κ3) is 3.60. The van der Waals surface area contributed by atoms with Crippen LogP contribution in [0.3, 0.4) is 0 Å². The SMILES string of the molecule is O=C(NCCCc1c[nH]c2ccccc12)C(O)c1ccccc1. The number of hydrogen-bond donors (Lipinski definition) is 3. The largest absolute Gasteiger partial charge is 0.378 e. The molecule has 4 nitrogen and oxygen atoms in total. The standard InChI is InChI=1S/C19H20N2O2/c22-18(14-7-2-1-3-8-14)19(23)20-12-6-9-15-13-21-17-11-5-4-10-16(15)17/h1-5,7-8,10-11,13,18,21-22H,6,9,12H2,(H,20,23). The lowest BCUT2D eigenvalue weighted by Gasteiger charge is -2.11. The zero-order valence-corrected chi connectivity index (χ0v) is 12.8. The van der Waals surface area contributed by atoms with E-state index in [1.54, 1.807) is 12.1 Å². The Labute approximate surface area is 135 Å². The monoisotopic (exact) mass is 308 g/mol. The molecule has 0 fully saturated rings. The van der Waals surface area contributed by atoms with Crippen LogP contribution < -0.4 is 5.32 Å². The lowest BCUT2D eigenvalue weighted by atomic mass is 10.1. The first kappa shape index (κ1) is 15.3. The molecular weight excluding hydrogens is 288 g/mol. The fourth-order valence-corrected chi connectivity index (χ4v) is 2.71. The highest BCUT2D eigenvalue weighted by Gasteiger charge is 2.16. The van der Waals surface area contributed by atoms with Crippen LogP contribution in [0.5, 0.6) is 0 Å². The number of amides is 1. The minimum Gasteiger partial charge on any atom is -0.378 e. The molecule has 3 aromatic rings. The number of fused-ring (bicyclic) bond motifs is 1. The van der Waals surface area contributed by atoms with Crippen molar-refractivity contribution in [1.29, 1.82) is 0 Å². The third-order valence-corrected chi connectivity index (χ3v) is 3.96. The molecule has 0 radical (unpaired) electrons. The summed E-state index contributed by atoms with van der Waals surface area (Å²) in [6.45, 7) is 0.544. The summed E-state index contributed by atoms with van der Waals surface area (Å²) in [5, 5.41) is 14.0. The summed E-state index contributed by atoms with van der Waals surface area (Å²) in [7, 11) is 0. The maximum Gasteiger partial charge on any atom is 0.253 e. The Balaban J connectivity index is 1.49. The summed E-state index contributed by atoms with van der Waals surface area (Å²) in [5.74, 6) is -0.352. The van der Waals surface area contributed by atoms with E-state index >= 15 is 0 Å². The topological polar surface area (TPSA) is 65.1 Å². The van der Waals surface area contributed by atoms with Gasteiger partial charge in [-0.25, -0.2) is 0 Å². The minimum absolute atomic E-state index is 0.352. The third-order valence-electron chi connectivity index (χ3n) is 3.96. The molecular formula is C19H20N2O2. The van der Waals surface area contributed by atoms with Gasteiger partial charge in [-0.3, -0.25) is 4.79 Å². The van der Waals surface area contributed by atoms with Gasteiger partial charge in [0.25, 0.3) is 5.91 Å². The lowest BCUT2D eigenvalue weighted by Crippen LogP contribution is -2.30. The Morgan fingerprint density at radius 1 is 1.09 bits per heavy atom. The van der Waals surface area contributed by atoms with Gasteiger partial charge in [-0.15, -0.1) is 0 Å². The van der Waals surface area contributed by atoms with E-state index in [0.717, 1.165) is 18.4 Å². The fourth-order valence-electron chi connectivity index (χ4n) is 2.71. The Hall–Kier alpha value is -2.59. The second-order valence-corrected chi connectivity index (χ2v) is 5.57. The summed E-state index contributed by atoms with van der Waals surface area (Å²) < 4.78 is 0. The number of aliphatic hydroxyl groups is 1. The fraction of sp³-hybridized carbons (Fsp3) is 0.211. The summed E-state index contributed by atoms with van der Waals surface area (Å²) in [4.78, 5) is 15.2. The van der Waals surface area contributed by atoms with Gasteiger partial charge in [0.15, 0.2) is 6.10 Å². The molecule has 1 unspecified atom stereocenters. The van der Waals surface area contributed by atoms with Crippen LogP contribution in [0.25, 0.3) is 10.9 Å². The Morgan fingerprint density at radius 2 is 1.83 bits per heavy atom. The van der Waals surface area contributed by atoms with E-state index in [9.17, 15) is 9.90 Å². The summed E-state index contributed by atoms with van der Waals surface area (Å²) in [5.41, 5.74) is 2.99. The van der Waals surface area contributed by atoms with Crippen molar-refractivity contribution in [1.82, 2.24) is 10.3 Å². The molecule has 3 rings (SSSR count). The quantitative estimate of drug-likeness (QED) is 0.613. The molecule has 1 amide bonds.